The SMILES string of the molecule is C/C=C\C1=C(C)c2ccc(N3CCC(C(=O)NCC)CC3)cc2C1(O)C(F)(F)F. The monoisotopic (exact) mass is 408 g/mol. The van der Waals surface area contributed by atoms with E-state index < -0.39 is 11.8 Å². The van der Waals surface area contributed by atoms with Crippen molar-refractivity contribution in [3.8, 4) is 0 Å². The molecule has 1 heterocycles. The normalized spacial score (nSPS) is 23.1. The lowest BCUT2D eigenvalue weighted by Gasteiger charge is -2.34. The lowest BCUT2D eigenvalue weighted by atomic mass is 9.88. The van der Waals surface area contributed by atoms with Gasteiger partial charge in [0.25, 0.3) is 0 Å². The topological polar surface area (TPSA) is 52.6 Å². The Bertz CT molecular complexity index is 852. The predicted octanol–water partition coefficient (Wildman–Crippen LogP) is 4.15. The summed E-state index contributed by atoms with van der Waals surface area (Å²) < 4.78 is 41.9. The van der Waals surface area contributed by atoms with E-state index in [1.165, 1.54) is 18.2 Å². The van der Waals surface area contributed by atoms with Crippen LogP contribution in [0.2, 0.25) is 0 Å². The Balaban J connectivity index is 1.91. The molecule has 2 aliphatic rings. The number of aliphatic hydroxyl groups is 1. The zero-order valence-electron chi connectivity index (χ0n) is 16.9. The average Bonchev–Trinajstić information content (AvgIpc) is 2.91. The van der Waals surface area contributed by atoms with Crippen molar-refractivity contribution in [3.05, 3.63) is 47.1 Å². The molecule has 2 N–H and O–H groups in total. The number of hydrogen-bond acceptors (Lipinski definition) is 3. The fraction of sp³-hybridized carbons (Fsp3) is 0.500. The Labute approximate surface area is 169 Å². The van der Waals surface area contributed by atoms with Gasteiger partial charge in [-0.1, -0.05) is 18.2 Å². The quantitative estimate of drug-likeness (QED) is 0.787. The molecule has 1 aliphatic carbocycles. The number of fused-ring (bicyclic) bond motifs is 1. The number of carbonyl (C=O) groups excluding carboxylic acids is 1. The second kappa shape index (κ2) is 7.86. The number of benzene rings is 1. The number of nitrogens with one attached hydrogen (secondary N) is 1. The molecule has 0 radical (unpaired) electrons. The first-order chi connectivity index (χ1) is 13.6. The van der Waals surface area contributed by atoms with Gasteiger partial charge in [0.1, 0.15) is 0 Å². The molecule has 1 atom stereocenters. The van der Waals surface area contributed by atoms with Crippen molar-refractivity contribution in [1.29, 1.82) is 0 Å². The summed E-state index contributed by atoms with van der Waals surface area (Å²) in [7, 11) is 0. The van der Waals surface area contributed by atoms with Crippen LogP contribution in [0.15, 0.2) is 35.9 Å². The molecule has 1 aromatic carbocycles. The van der Waals surface area contributed by atoms with Crippen molar-refractivity contribution in [2.24, 2.45) is 5.92 Å². The van der Waals surface area contributed by atoms with Crippen molar-refractivity contribution in [1.82, 2.24) is 5.32 Å². The molecule has 0 saturated carbocycles. The molecule has 0 aromatic heterocycles. The van der Waals surface area contributed by atoms with E-state index in [2.05, 4.69) is 5.32 Å². The number of anilines is 1. The molecule has 0 spiro atoms. The molecular formula is C22H27F3N2O2. The van der Waals surface area contributed by atoms with Crippen molar-refractivity contribution in [2.75, 3.05) is 24.5 Å². The van der Waals surface area contributed by atoms with Gasteiger partial charge in [0, 0.05) is 42.4 Å². The summed E-state index contributed by atoms with van der Waals surface area (Å²) in [4.78, 5) is 14.0. The van der Waals surface area contributed by atoms with Gasteiger partial charge in [-0.25, -0.2) is 0 Å². The Morgan fingerprint density at radius 3 is 2.55 bits per heavy atom. The summed E-state index contributed by atoms with van der Waals surface area (Å²) in [6, 6.07) is 4.91. The third kappa shape index (κ3) is 3.56. The number of rotatable bonds is 4. The minimum atomic E-state index is -4.84. The molecule has 7 heteroatoms. The number of alkyl halides is 3. The van der Waals surface area contributed by atoms with E-state index in [1.807, 2.05) is 11.8 Å². The summed E-state index contributed by atoms with van der Waals surface area (Å²) in [5.41, 5.74) is -1.80. The highest BCUT2D eigenvalue weighted by Gasteiger charge is 2.60. The van der Waals surface area contributed by atoms with Crippen LogP contribution in [-0.2, 0) is 10.4 Å². The van der Waals surface area contributed by atoms with Crippen LogP contribution in [-0.4, -0.2) is 36.8 Å². The molecule has 1 amide bonds. The van der Waals surface area contributed by atoms with Gasteiger partial charge < -0.3 is 15.3 Å². The maximum absolute atomic E-state index is 14.0. The molecular weight excluding hydrogens is 381 g/mol. The molecule has 1 saturated heterocycles. The molecule has 1 fully saturated rings. The first kappa shape index (κ1) is 21.4. The van der Waals surface area contributed by atoms with E-state index in [-0.39, 0.29) is 23.0 Å². The minimum Gasteiger partial charge on any atom is -0.372 e. The predicted molar refractivity (Wildman–Crippen MR) is 107 cm³/mol. The zero-order chi connectivity index (χ0) is 21.4. The number of halogens is 3. The van der Waals surface area contributed by atoms with Crippen LogP contribution in [0.1, 0.15) is 44.7 Å². The number of amides is 1. The van der Waals surface area contributed by atoms with Crippen LogP contribution in [0.4, 0.5) is 18.9 Å². The molecule has 1 aliphatic heterocycles. The summed E-state index contributed by atoms with van der Waals surface area (Å²) >= 11 is 0. The summed E-state index contributed by atoms with van der Waals surface area (Å²) in [6.45, 7) is 6.86. The Morgan fingerprint density at radius 2 is 2.00 bits per heavy atom. The van der Waals surface area contributed by atoms with Crippen LogP contribution in [0.5, 0.6) is 0 Å². The van der Waals surface area contributed by atoms with Crippen molar-refractivity contribution >= 4 is 17.2 Å². The van der Waals surface area contributed by atoms with Gasteiger partial charge in [-0.05, 0) is 56.9 Å². The van der Waals surface area contributed by atoms with Gasteiger partial charge in [0.05, 0.1) is 0 Å². The Kier molecular flexibility index (Phi) is 5.81. The van der Waals surface area contributed by atoms with E-state index in [4.69, 9.17) is 0 Å². The molecule has 4 nitrogen and oxygen atoms in total. The first-order valence-electron chi connectivity index (χ1n) is 9.95. The van der Waals surface area contributed by atoms with Gasteiger partial charge in [-0.3, -0.25) is 4.79 Å². The number of piperidine rings is 1. The van der Waals surface area contributed by atoms with E-state index in [9.17, 15) is 23.1 Å². The minimum absolute atomic E-state index is 0.0309. The van der Waals surface area contributed by atoms with Gasteiger partial charge in [-0.15, -0.1) is 0 Å². The number of allylic oxidation sites excluding steroid dienone is 2. The van der Waals surface area contributed by atoms with Crippen molar-refractivity contribution < 1.29 is 23.1 Å². The second-order valence-corrected chi connectivity index (χ2v) is 7.63. The van der Waals surface area contributed by atoms with E-state index in [1.54, 1.807) is 26.0 Å². The average molecular weight is 408 g/mol. The first-order valence-corrected chi connectivity index (χ1v) is 9.95. The highest BCUT2D eigenvalue weighted by atomic mass is 19.4. The van der Waals surface area contributed by atoms with Gasteiger partial charge >= 0.3 is 6.18 Å². The van der Waals surface area contributed by atoms with Crippen LogP contribution in [0, 0.1) is 5.92 Å². The van der Waals surface area contributed by atoms with Crippen LogP contribution < -0.4 is 10.2 Å². The summed E-state index contributed by atoms with van der Waals surface area (Å²) in [6.07, 6.45) is -0.700. The van der Waals surface area contributed by atoms with Gasteiger partial charge in [0.15, 0.2) is 0 Å². The maximum atomic E-state index is 14.0. The lowest BCUT2D eigenvalue weighted by Crippen LogP contribution is -2.43. The summed E-state index contributed by atoms with van der Waals surface area (Å²) in [5.74, 6) is -0.0405. The van der Waals surface area contributed by atoms with E-state index in [0.717, 1.165) is 0 Å². The Hall–Kier alpha value is -2.28. The standard InChI is InChI=1S/C22H27F3N2O2/c1-4-6-18-14(3)17-8-7-16(13-19(17)21(18,29)22(23,24)25)27-11-9-15(10-12-27)20(28)26-5-2/h4,6-8,13,15,29H,5,9-12H2,1-3H3,(H,26,28)/b6-4-. The zero-order valence-corrected chi connectivity index (χ0v) is 16.9. The molecule has 3 rings (SSSR count). The van der Waals surface area contributed by atoms with E-state index >= 15 is 0 Å². The number of carbonyl (C=O) groups is 1. The third-order valence-corrected chi connectivity index (χ3v) is 5.92. The maximum Gasteiger partial charge on any atom is 0.425 e. The molecule has 0 bridgehead atoms. The number of hydrogen-bond donors (Lipinski definition) is 2. The highest BCUT2D eigenvalue weighted by molar-refractivity contribution is 5.83. The number of nitrogens with zero attached hydrogens (tertiary/aromatic N) is 1. The van der Waals surface area contributed by atoms with Crippen LogP contribution >= 0.6 is 0 Å². The molecule has 1 unspecified atom stereocenters. The van der Waals surface area contributed by atoms with Gasteiger partial charge in [-0.2, -0.15) is 13.2 Å². The van der Waals surface area contributed by atoms with Crippen LogP contribution in [0.25, 0.3) is 5.57 Å². The molecule has 158 valence electrons. The fourth-order valence-corrected chi connectivity index (χ4v) is 4.35. The second-order valence-electron chi connectivity index (χ2n) is 7.63. The molecule has 1 aromatic rings. The summed E-state index contributed by atoms with van der Waals surface area (Å²) in [5, 5.41) is 13.7. The third-order valence-electron chi connectivity index (χ3n) is 5.92. The van der Waals surface area contributed by atoms with Gasteiger partial charge in [0.2, 0.25) is 11.5 Å². The smallest absolute Gasteiger partial charge is 0.372 e. The van der Waals surface area contributed by atoms with Crippen LogP contribution in [0.3, 0.4) is 0 Å². The van der Waals surface area contributed by atoms with Crippen molar-refractivity contribution in [3.63, 3.8) is 0 Å². The van der Waals surface area contributed by atoms with E-state index in [0.29, 0.717) is 49.3 Å². The fourth-order valence-electron chi connectivity index (χ4n) is 4.35. The lowest BCUT2D eigenvalue weighted by molar-refractivity contribution is -0.247. The van der Waals surface area contributed by atoms with Crippen molar-refractivity contribution in [2.45, 2.75) is 45.4 Å². The largest absolute Gasteiger partial charge is 0.425 e. The molecule has 29 heavy (non-hydrogen) atoms. The Morgan fingerprint density at radius 1 is 1.34 bits per heavy atom. The highest BCUT2D eigenvalue weighted by Crippen LogP contribution is 2.54.